The van der Waals surface area contributed by atoms with E-state index in [1.165, 1.54) is 0 Å². The third kappa shape index (κ3) is 2.97. The van der Waals surface area contributed by atoms with Gasteiger partial charge in [0.2, 0.25) is 0 Å². The zero-order chi connectivity index (χ0) is 12.3. The Morgan fingerprint density at radius 3 is 2.41 bits per heavy atom. The largest absolute Gasteiger partial charge is 0.507 e. The van der Waals surface area contributed by atoms with E-state index < -0.39 is 0 Å². The molecule has 1 N–H and O–H groups in total. The van der Waals surface area contributed by atoms with Crippen LogP contribution in [0, 0.1) is 13.8 Å². The number of aromatic hydroxyl groups is 1. The molecule has 1 aliphatic heterocycles. The molecule has 1 aromatic carbocycles. The van der Waals surface area contributed by atoms with Gasteiger partial charge in [0.15, 0.2) is 0 Å². The number of ether oxygens (including phenoxy) is 1. The highest BCUT2D eigenvalue weighted by molar-refractivity contribution is 5.80. The maximum absolute atomic E-state index is 9.68. The lowest BCUT2D eigenvalue weighted by Crippen LogP contribution is -2.32. The standard InChI is InChI=1S/C13H18N2O2/c1-10-7-12(8-11(2)13(10)16)9-14-15-3-5-17-6-4-15/h7-9,16H,3-6H2,1-2H3/b14-9+. The summed E-state index contributed by atoms with van der Waals surface area (Å²) >= 11 is 0. The van der Waals surface area contributed by atoms with E-state index in [0.29, 0.717) is 5.75 Å². The van der Waals surface area contributed by atoms with Gasteiger partial charge in [-0.1, -0.05) is 0 Å². The molecule has 0 bridgehead atoms. The number of hydrazone groups is 1. The van der Waals surface area contributed by atoms with Crippen molar-refractivity contribution in [3.8, 4) is 5.75 Å². The summed E-state index contributed by atoms with van der Waals surface area (Å²) in [5.41, 5.74) is 2.78. The maximum atomic E-state index is 9.68. The highest BCUT2D eigenvalue weighted by Crippen LogP contribution is 2.22. The summed E-state index contributed by atoms with van der Waals surface area (Å²) in [4.78, 5) is 0. The van der Waals surface area contributed by atoms with E-state index in [-0.39, 0.29) is 0 Å². The van der Waals surface area contributed by atoms with E-state index in [1.807, 2.05) is 37.2 Å². The van der Waals surface area contributed by atoms with Crippen LogP contribution < -0.4 is 0 Å². The van der Waals surface area contributed by atoms with Crippen LogP contribution in [0.4, 0.5) is 0 Å². The molecule has 1 aromatic rings. The molecule has 0 spiro atoms. The van der Waals surface area contributed by atoms with E-state index in [4.69, 9.17) is 4.74 Å². The summed E-state index contributed by atoms with van der Waals surface area (Å²) < 4.78 is 5.26. The average molecular weight is 234 g/mol. The molecular formula is C13H18N2O2. The van der Waals surface area contributed by atoms with Gasteiger partial charge in [0, 0.05) is 0 Å². The van der Waals surface area contributed by atoms with Gasteiger partial charge in [-0.25, -0.2) is 0 Å². The predicted molar refractivity (Wildman–Crippen MR) is 67.6 cm³/mol. The summed E-state index contributed by atoms with van der Waals surface area (Å²) in [6.07, 6.45) is 1.84. The van der Waals surface area contributed by atoms with Gasteiger partial charge in [-0.2, -0.15) is 5.10 Å². The molecule has 0 aromatic heterocycles. The Morgan fingerprint density at radius 2 is 1.82 bits per heavy atom. The Labute approximate surface area is 102 Å². The van der Waals surface area contributed by atoms with Crippen molar-refractivity contribution in [2.24, 2.45) is 5.10 Å². The van der Waals surface area contributed by atoms with E-state index in [1.54, 1.807) is 0 Å². The molecule has 92 valence electrons. The predicted octanol–water partition coefficient (Wildman–Crippen LogP) is 1.68. The number of phenols is 1. The average Bonchev–Trinajstić information content (AvgIpc) is 2.34. The lowest BCUT2D eigenvalue weighted by atomic mass is 10.1. The Balaban J connectivity index is 2.10. The fraction of sp³-hybridized carbons (Fsp3) is 0.462. The molecule has 1 saturated heterocycles. The summed E-state index contributed by atoms with van der Waals surface area (Å²) in [5, 5.41) is 16.1. The normalized spacial score (nSPS) is 16.7. The molecule has 1 heterocycles. The summed E-state index contributed by atoms with van der Waals surface area (Å²) in [7, 11) is 0. The zero-order valence-electron chi connectivity index (χ0n) is 10.3. The number of phenolic OH excluding ortho intramolecular Hbond substituents is 1. The molecule has 0 saturated carbocycles. The first-order chi connectivity index (χ1) is 8.16. The quantitative estimate of drug-likeness (QED) is 0.792. The number of hydrogen-bond acceptors (Lipinski definition) is 4. The van der Waals surface area contributed by atoms with Crippen molar-refractivity contribution < 1.29 is 9.84 Å². The number of hydrogen-bond donors (Lipinski definition) is 1. The van der Waals surface area contributed by atoms with Crippen LogP contribution in [0.5, 0.6) is 5.75 Å². The highest BCUT2D eigenvalue weighted by atomic mass is 16.5. The fourth-order valence-electron chi connectivity index (χ4n) is 1.88. The Kier molecular flexibility index (Phi) is 3.64. The van der Waals surface area contributed by atoms with E-state index in [9.17, 15) is 5.11 Å². The van der Waals surface area contributed by atoms with Crippen molar-refractivity contribution in [3.63, 3.8) is 0 Å². The molecule has 0 aliphatic carbocycles. The Hall–Kier alpha value is -1.55. The second-order valence-electron chi connectivity index (χ2n) is 4.31. The van der Waals surface area contributed by atoms with Crippen LogP contribution in [-0.2, 0) is 4.74 Å². The van der Waals surface area contributed by atoms with Gasteiger partial charge < -0.3 is 9.84 Å². The van der Waals surface area contributed by atoms with Crippen LogP contribution in [0.25, 0.3) is 0 Å². The third-order valence-corrected chi connectivity index (χ3v) is 2.87. The van der Waals surface area contributed by atoms with Crippen LogP contribution in [0.15, 0.2) is 17.2 Å². The first-order valence-corrected chi connectivity index (χ1v) is 5.83. The van der Waals surface area contributed by atoms with Crippen molar-refractivity contribution in [3.05, 3.63) is 28.8 Å². The van der Waals surface area contributed by atoms with Crippen molar-refractivity contribution in [2.45, 2.75) is 13.8 Å². The molecule has 4 nitrogen and oxygen atoms in total. The summed E-state index contributed by atoms with van der Waals surface area (Å²) in [6.45, 7) is 6.96. The molecule has 17 heavy (non-hydrogen) atoms. The van der Waals surface area contributed by atoms with Crippen LogP contribution in [0.1, 0.15) is 16.7 Å². The highest BCUT2D eigenvalue weighted by Gasteiger charge is 2.07. The molecular weight excluding hydrogens is 216 g/mol. The minimum atomic E-state index is 0.369. The molecule has 1 fully saturated rings. The minimum absolute atomic E-state index is 0.369. The topological polar surface area (TPSA) is 45.1 Å². The number of rotatable bonds is 2. The smallest absolute Gasteiger partial charge is 0.121 e. The number of benzene rings is 1. The second kappa shape index (κ2) is 5.19. The Morgan fingerprint density at radius 1 is 1.24 bits per heavy atom. The summed E-state index contributed by atoms with van der Waals surface area (Å²) in [6, 6.07) is 3.87. The first kappa shape index (κ1) is 11.9. The lowest BCUT2D eigenvalue weighted by Gasteiger charge is -2.23. The molecule has 0 amide bonds. The van der Waals surface area contributed by atoms with Crippen LogP contribution in [0.2, 0.25) is 0 Å². The van der Waals surface area contributed by atoms with Gasteiger partial charge >= 0.3 is 0 Å². The van der Waals surface area contributed by atoms with E-state index in [2.05, 4.69) is 5.10 Å². The lowest BCUT2D eigenvalue weighted by molar-refractivity contribution is 0.0397. The number of nitrogens with zero attached hydrogens (tertiary/aromatic N) is 2. The van der Waals surface area contributed by atoms with Crippen molar-refractivity contribution in [2.75, 3.05) is 26.3 Å². The van der Waals surface area contributed by atoms with Gasteiger partial charge in [-0.15, -0.1) is 0 Å². The summed E-state index contributed by atoms with van der Waals surface area (Å²) in [5.74, 6) is 0.369. The molecule has 1 aliphatic rings. The SMILES string of the molecule is Cc1cc(/C=N/N2CCOCC2)cc(C)c1O. The van der Waals surface area contributed by atoms with E-state index >= 15 is 0 Å². The van der Waals surface area contributed by atoms with Crippen LogP contribution >= 0.6 is 0 Å². The molecule has 0 atom stereocenters. The minimum Gasteiger partial charge on any atom is -0.507 e. The van der Waals surface area contributed by atoms with Crippen LogP contribution in [0.3, 0.4) is 0 Å². The zero-order valence-corrected chi connectivity index (χ0v) is 10.3. The number of aryl methyl sites for hydroxylation is 2. The molecule has 2 rings (SSSR count). The molecule has 4 heteroatoms. The van der Waals surface area contributed by atoms with Crippen molar-refractivity contribution in [1.29, 1.82) is 0 Å². The monoisotopic (exact) mass is 234 g/mol. The van der Waals surface area contributed by atoms with Crippen molar-refractivity contribution in [1.82, 2.24) is 5.01 Å². The van der Waals surface area contributed by atoms with Crippen molar-refractivity contribution >= 4 is 6.21 Å². The van der Waals surface area contributed by atoms with Gasteiger partial charge in [0.25, 0.3) is 0 Å². The van der Waals surface area contributed by atoms with Gasteiger partial charge in [-0.3, -0.25) is 5.01 Å². The number of morpholine rings is 1. The van der Waals surface area contributed by atoms with Gasteiger partial charge in [0.05, 0.1) is 32.5 Å². The second-order valence-corrected chi connectivity index (χ2v) is 4.31. The third-order valence-electron chi connectivity index (χ3n) is 2.87. The molecule has 0 radical (unpaired) electrons. The van der Waals surface area contributed by atoms with E-state index in [0.717, 1.165) is 43.0 Å². The van der Waals surface area contributed by atoms with Gasteiger partial charge in [0.1, 0.15) is 5.75 Å². The fourth-order valence-corrected chi connectivity index (χ4v) is 1.88. The van der Waals surface area contributed by atoms with Gasteiger partial charge in [-0.05, 0) is 42.7 Å². The molecule has 0 unspecified atom stereocenters. The van der Waals surface area contributed by atoms with Crippen LogP contribution in [-0.4, -0.2) is 42.6 Å². The first-order valence-electron chi connectivity index (χ1n) is 5.83. The Bertz CT molecular complexity index is 400. The maximum Gasteiger partial charge on any atom is 0.121 e.